The number of carbonyl (C=O) groups excluding carboxylic acids is 2. The number of benzene rings is 1. The molecule has 0 N–H and O–H groups in total. The van der Waals surface area contributed by atoms with Crippen molar-refractivity contribution in [3.05, 3.63) is 30.6 Å². The Labute approximate surface area is 159 Å². The summed E-state index contributed by atoms with van der Waals surface area (Å²) in [5.74, 6) is 0.109. The number of rotatable bonds is 6. The van der Waals surface area contributed by atoms with Crippen molar-refractivity contribution >= 4 is 34.6 Å². The second-order valence-electron chi connectivity index (χ2n) is 5.89. The Kier molecular flexibility index (Phi) is 5.36. The first kappa shape index (κ1) is 18.8. The first-order valence-corrected chi connectivity index (χ1v) is 8.89. The third-order valence-corrected chi connectivity index (χ3v) is 5.06. The SMILES string of the molecule is COc1cccc(-n2nnc3c(SC(C(C)=O)C(=O)N(C)C)ncnc32)c1. The van der Waals surface area contributed by atoms with Gasteiger partial charge in [-0.15, -0.1) is 5.10 Å². The van der Waals surface area contributed by atoms with Crippen LogP contribution in [0.25, 0.3) is 16.9 Å². The highest BCUT2D eigenvalue weighted by molar-refractivity contribution is 8.01. The van der Waals surface area contributed by atoms with Gasteiger partial charge in [-0.3, -0.25) is 9.59 Å². The van der Waals surface area contributed by atoms with Crippen molar-refractivity contribution in [3.8, 4) is 11.4 Å². The molecule has 1 unspecified atom stereocenters. The van der Waals surface area contributed by atoms with Crippen molar-refractivity contribution in [1.82, 2.24) is 29.9 Å². The molecule has 0 saturated carbocycles. The monoisotopic (exact) mass is 386 g/mol. The molecule has 140 valence electrons. The van der Waals surface area contributed by atoms with Crippen molar-refractivity contribution in [2.24, 2.45) is 0 Å². The van der Waals surface area contributed by atoms with E-state index in [2.05, 4.69) is 20.3 Å². The molecule has 9 nitrogen and oxygen atoms in total. The number of fused-ring (bicyclic) bond motifs is 1. The lowest BCUT2D eigenvalue weighted by Crippen LogP contribution is -2.36. The Balaban J connectivity index is 2.03. The van der Waals surface area contributed by atoms with E-state index in [9.17, 15) is 9.59 Å². The third-order valence-electron chi connectivity index (χ3n) is 3.77. The number of methoxy groups -OCH3 is 1. The van der Waals surface area contributed by atoms with Gasteiger partial charge in [-0.05, 0) is 19.1 Å². The van der Waals surface area contributed by atoms with Crippen LogP contribution in [0.3, 0.4) is 0 Å². The molecule has 1 aromatic carbocycles. The minimum atomic E-state index is -0.903. The molecule has 1 amide bonds. The zero-order chi connectivity index (χ0) is 19.6. The van der Waals surface area contributed by atoms with Gasteiger partial charge in [0.2, 0.25) is 5.91 Å². The van der Waals surface area contributed by atoms with Gasteiger partial charge in [0.25, 0.3) is 0 Å². The van der Waals surface area contributed by atoms with E-state index in [-0.39, 0.29) is 11.7 Å². The lowest BCUT2D eigenvalue weighted by atomic mass is 10.3. The van der Waals surface area contributed by atoms with E-state index < -0.39 is 5.25 Å². The Morgan fingerprint density at radius 2 is 2.04 bits per heavy atom. The number of hydrogen-bond donors (Lipinski definition) is 0. The molecule has 2 heterocycles. The molecule has 2 aromatic heterocycles. The molecule has 0 bridgehead atoms. The van der Waals surface area contributed by atoms with Gasteiger partial charge in [0.15, 0.2) is 16.9 Å². The molecule has 0 spiro atoms. The second kappa shape index (κ2) is 7.70. The van der Waals surface area contributed by atoms with Crippen LogP contribution in [-0.2, 0) is 9.59 Å². The van der Waals surface area contributed by atoms with Crippen LogP contribution in [0.4, 0.5) is 0 Å². The van der Waals surface area contributed by atoms with Crippen LogP contribution in [0.2, 0.25) is 0 Å². The molecule has 3 aromatic rings. The number of Topliss-reactive ketones (excluding diaryl/α,β-unsaturated/α-hetero) is 1. The van der Waals surface area contributed by atoms with E-state index >= 15 is 0 Å². The van der Waals surface area contributed by atoms with Crippen LogP contribution in [0, 0.1) is 0 Å². The quantitative estimate of drug-likeness (QED) is 0.355. The van der Waals surface area contributed by atoms with Crippen molar-refractivity contribution in [1.29, 1.82) is 0 Å². The lowest BCUT2D eigenvalue weighted by molar-refractivity contribution is -0.132. The largest absolute Gasteiger partial charge is 0.497 e. The summed E-state index contributed by atoms with van der Waals surface area (Å²) in [4.78, 5) is 34.1. The predicted octanol–water partition coefficient (Wildman–Crippen LogP) is 1.36. The predicted molar refractivity (Wildman–Crippen MR) is 100 cm³/mol. The second-order valence-corrected chi connectivity index (χ2v) is 6.99. The number of ketones is 1. The van der Waals surface area contributed by atoms with Crippen molar-refractivity contribution in [2.75, 3.05) is 21.2 Å². The van der Waals surface area contributed by atoms with Crippen molar-refractivity contribution in [3.63, 3.8) is 0 Å². The lowest BCUT2D eigenvalue weighted by Gasteiger charge is -2.17. The van der Waals surface area contributed by atoms with Crippen LogP contribution in [-0.4, -0.2) is 68.0 Å². The summed E-state index contributed by atoms with van der Waals surface area (Å²) in [7, 11) is 4.79. The van der Waals surface area contributed by atoms with Crippen molar-refractivity contribution < 1.29 is 14.3 Å². The maximum Gasteiger partial charge on any atom is 0.243 e. The summed E-state index contributed by atoms with van der Waals surface area (Å²) in [6.45, 7) is 1.38. The average molecular weight is 386 g/mol. The van der Waals surface area contributed by atoms with Gasteiger partial charge in [0.1, 0.15) is 22.4 Å². The number of thioether (sulfide) groups is 1. The van der Waals surface area contributed by atoms with E-state index in [1.165, 1.54) is 18.2 Å². The Bertz CT molecular complexity index is 1000. The fourth-order valence-corrected chi connectivity index (χ4v) is 3.44. The zero-order valence-corrected chi connectivity index (χ0v) is 16.1. The van der Waals surface area contributed by atoms with Gasteiger partial charge >= 0.3 is 0 Å². The normalized spacial score (nSPS) is 12.0. The van der Waals surface area contributed by atoms with Gasteiger partial charge < -0.3 is 9.64 Å². The summed E-state index contributed by atoms with van der Waals surface area (Å²) < 4.78 is 6.79. The van der Waals surface area contributed by atoms with Crippen LogP contribution in [0.1, 0.15) is 6.92 Å². The number of amides is 1. The van der Waals surface area contributed by atoms with E-state index in [0.29, 0.717) is 21.9 Å². The highest BCUT2D eigenvalue weighted by Gasteiger charge is 2.28. The van der Waals surface area contributed by atoms with E-state index in [4.69, 9.17) is 4.74 Å². The summed E-state index contributed by atoms with van der Waals surface area (Å²) >= 11 is 1.05. The number of aromatic nitrogens is 5. The molecule has 0 radical (unpaired) electrons. The summed E-state index contributed by atoms with van der Waals surface area (Å²) in [5.41, 5.74) is 1.61. The topological polar surface area (TPSA) is 103 Å². The Morgan fingerprint density at radius 1 is 1.26 bits per heavy atom. The minimum absolute atomic E-state index is 0.259. The molecule has 10 heteroatoms. The molecule has 1 atom stereocenters. The van der Waals surface area contributed by atoms with Crippen LogP contribution < -0.4 is 4.74 Å². The van der Waals surface area contributed by atoms with Crippen LogP contribution in [0.15, 0.2) is 35.6 Å². The molecule has 0 aliphatic heterocycles. The molecular weight excluding hydrogens is 368 g/mol. The molecule has 0 saturated heterocycles. The number of hydrogen-bond acceptors (Lipinski definition) is 8. The molecule has 0 aliphatic carbocycles. The average Bonchev–Trinajstić information content (AvgIpc) is 3.10. The maximum atomic E-state index is 12.3. The maximum absolute atomic E-state index is 12.3. The number of carbonyl (C=O) groups is 2. The molecule has 27 heavy (non-hydrogen) atoms. The fraction of sp³-hybridized carbons (Fsp3) is 0.294. The van der Waals surface area contributed by atoms with Gasteiger partial charge in [-0.25, -0.2) is 9.97 Å². The highest BCUT2D eigenvalue weighted by Crippen LogP contribution is 2.29. The van der Waals surface area contributed by atoms with Gasteiger partial charge in [0, 0.05) is 20.2 Å². The number of nitrogens with zero attached hydrogens (tertiary/aromatic N) is 6. The van der Waals surface area contributed by atoms with Crippen molar-refractivity contribution in [2.45, 2.75) is 17.2 Å². The zero-order valence-electron chi connectivity index (χ0n) is 15.3. The molecule has 0 fully saturated rings. The minimum Gasteiger partial charge on any atom is -0.497 e. The highest BCUT2D eigenvalue weighted by atomic mass is 32.2. The third kappa shape index (κ3) is 3.75. The molecule has 0 aliphatic rings. The van der Waals surface area contributed by atoms with Crippen LogP contribution in [0.5, 0.6) is 5.75 Å². The van der Waals surface area contributed by atoms with Crippen LogP contribution >= 0.6 is 11.8 Å². The standard InChI is InChI=1S/C17H18N6O3S/c1-10(24)14(17(25)22(2)3)27-16-13-15(18-9-19-16)23(21-20-13)11-6-5-7-12(8-11)26-4/h5-9,14H,1-4H3. The molecular formula is C17H18N6O3S. The fourth-order valence-electron chi connectivity index (χ4n) is 2.38. The van der Waals surface area contributed by atoms with Gasteiger partial charge in [-0.1, -0.05) is 23.0 Å². The Morgan fingerprint density at radius 3 is 2.70 bits per heavy atom. The number of ether oxygens (including phenoxy) is 1. The van der Waals surface area contributed by atoms with Gasteiger partial charge in [0.05, 0.1) is 12.8 Å². The summed E-state index contributed by atoms with van der Waals surface area (Å²) in [6, 6.07) is 7.31. The van der Waals surface area contributed by atoms with E-state index in [0.717, 1.165) is 17.4 Å². The van der Waals surface area contributed by atoms with Gasteiger partial charge in [-0.2, -0.15) is 4.68 Å². The smallest absolute Gasteiger partial charge is 0.243 e. The van der Waals surface area contributed by atoms with E-state index in [1.807, 2.05) is 18.2 Å². The first-order chi connectivity index (χ1) is 12.9. The summed E-state index contributed by atoms with van der Waals surface area (Å²) in [5, 5.41) is 7.82. The first-order valence-electron chi connectivity index (χ1n) is 8.01. The van der Waals surface area contributed by atoms with E-state index in [1.54, 1.807) is 32.0 Å². The summed E-state index contributed by atoms with van der Waals surface area (Å²) in [6.07, 6.45) is 1.36. The molecule has 3 rings (SSSR count). The Hall–Kier alpha value is -3.01.